The van der Waals surface area contributed by atoms with Crippen LogP contribution >= 0.6 is 0 Å². The summed E-state index contributed by atoms with van der Waals surface area (Å²) in [6, 6.07) is 7.18. The number of nitrogens with one attached hydrogen (secondary N) is 1. The molecule has 1 fully saturated rings. The van der Waals surface area contributed by atoms with E-state index in [4.69, 9.17) is 0 Å². The van der Waals surface area contributed by atoms with Crippen LogP contribution in [0, 0.1) is 5.82 Å². The molecule has 2 aromatic heterocycles. The maximum atomic E-state index is 13.8. The molecule has 0 spiro atoms. The quantitative estimate of drug-likeness (QED) is 0.475. The van der Waals surface area contributed by atoms with Gasteiger partial charge >= 0.3 is 12.5 Å². The Labute approximate surface area is 196 Å². The van der Waals surface area contributed by atoms with Crippen LogP contribution in [-0.2, 0) is 0 Å². The smallest absolute Gasteiger partial charge is 0.428 e. The third-order valence-electron chi connectivity index (χ3n) is 5.23. The first-order valence-corrected chi connectivity index (χ1v) is 10.4. The Morgan fingerprint density at radius 2 is 1.91 bits per heavy atom. The molecule has 1 amide bonds. The zero-order chi connectivity index (χ0) is 25.2. The van der Waals surface area contributed by atoms with Gasteiger partial charge in [0.25, 0.3) is 5.91 Å². The second-order valence-electron chi connectivity index (χ2n) is 7.82. The molecule has 1 aliphatic rings. The van der Waals surface area contributed by atoms with Gasteiger partial charge in [0.15, 0.2) is 0 Å². The third-order valence-corrected chi connectivity index (χ3v) is 5.23. The fraction of sp³-hybridized carbons (Fsp3) is 0.261. The van der Waals surface area contributed by atoms with Crippen LogP contribution in [0.2, 0.25) is 0 Å². The lowest BCUT2D eigenvalue weighted by molar-refractivity contribution is -0.253. The number of pyridine rings is 2. The molecule has 12 heteroatoms. The number of carbonyl (C=O) groups excluding carboxylic acids is 1. The van der Waals surface area contributed by atoms with Crippen LogP contribution in [-0.4, -0.2) is 52.7 Å². The minimum absolute atomic E-state index is 0.109. The predicted molar refractivity (Wildman–Crippen MR) is 116 cm³/mol. The number of alkyl halides is 4. The summed E-state index contributed by atoms with van der Waals surface area (Å²) in [5.41, 5.74) is 1.10. The summed E-state index contributed by atoms with van der Waals surface area (Å²) in [5.74, 6) is -1.24. The molecular weight excluding hydrogens is 475 g/mol. The van der Waals surface area contributed by atoms with Gasteiger partial charge in [-0.1, -0.05) is 0 Å². The van der Waals surface area contributed by atoms with Crippen LogP contribution in [0.15, 0.2) is 55.0 Å². The van der Waals surface area contributed by atoms with E-state index in [1.807, 2.05) is 4.90 Å². The van der Waals surface area contributed by atoms with Crippen LogP contribution < -0.4 is 15.0 Å². The maximum absolute atomic E-state index is 13.8. The predicted octanol–water partition coefficient (Wildman–Crippen LogP) is 4.34. The van der Waals surface area contributed by atoms with E-state index in [0.717, 1.165) is 18.3 Å². The molecule has 0 aliphatic carbocycles. The zero-order valence-corrected chi connectivity index (χ0v) is 18.0. The summed E-state index contributed by atoms with van der Waals surface area (Å²) >= 11 is 0. The number of hydrogen-bond acceptors (Lipinski definition) is 6. The van der Waals surface area contributed by atoms with Gasteiger partial charge < -0.3 is 20.1 Å². The monoisotopic (exact) mass is 494 g/mol. The lowest BCUT2D eigenvalue weighted by atomic mass is 10.1. The van der Waals surface area contributed by atoms with Crippen molar-refractivity contribution in [3.63, 3.8) is 0 Å². The fourth-order valence-corrected chi connectivity index (χ4v) is 3.55. The SMILES string of the molecule is O=C(Nc1ccc(OC(F)(F)C(F)F)cc1)c1cnc(N2CCC(O)C2)c(-c2cncc(F)c2)c1. The van der Waals surface area contributed by atoms with Crippen molar-refractivity contribution < 1.29 is 36.6 Å². The minimum atomic E-state index is -4.65. The number of benzene rings is 1. The maximum Gasteiger partial charge on any atom is 0.461 e. The molecular formula is C23H19F5N4O3. The van der Waals surface area contributed by atoms with E-state index in [-0.39, 0.29) is 11.3 Å². The number of β-amino-alcohol motifs (C(OH)–C–C–N with tert-alkyl or cyclic N) is 1. The van der Waals surface area contributed by atoms with E-state index >= 15 is 0 Å². The van der Waals surface area contributed by atoms with Crippen LogP contribution in [0.25, 0.3) is 11.1 Å². The van der Waals surface area contributed by atoms with Gasteiger partial charge in [0, 0.05) is 42.3 Å². The molecule has 1 unspecified atom stereocenters. The van der Waals surface area contributed by atoms with Gasteiger partial charge in [0.2, 0.25) is 0 Å². The van der Waals surface area contributed by atoms with Crippen molar-refractivity contribution in [2.24, 2.45) is 0 Å². The van der Waals surface area contributed by atoms with Crippen molar-refractivity contribution in [1.82, 2.24) is 9.97 Å². The number of carbonyl (C=O) groups is 1. The average Bonchev–Trinajstić information content (AvgIpc) is 3.25. The highest BCUT2D eigenvalue weighted by Crippen LogP contribution is 2.32. The number of hydrogen-bond donors (Lipinski definition) is 2. The highest BCUT2D eigenvalue weighted by atomic mass is 19.3. The Morgan fingerprint density at radius 3 is 2.54 bits per heavy atom. The summed E-state index contributed by atoms with van der Waals surface area (Å²) in [7, 11) is 0. The van der Waals surface area contributed by atoms with E-state index in [9.17, 15) is 31.9 Å². The molecule has 1 aliphatic heterocycles. The molecule has 1 aromatic carbocycles. The number of aliphatic hydroxyl groups excluding tert-OH is 1. The first kappa shape index (κ1) is 24.3. The molecule has 3 heterocycles. The molecule has 3 aromatic rings. The van der Waals surface area contributed by atoms with Crippen molar-refractivity contribution >= 4 is 17.4 Å². The van der Waals surface area contributed by atoms with Gasteiger partial charge in [-0.2, -0.15) is 17.6 Å². The molecule has 0 radical (unpaired) electrons. The van der Waals surface area contributed by atoms with Crippen LogP contribution in [0.1, 0.15) is 16.8 Å². The Morgan fingerprint density at radius 1 is 1.17 bits per heavy atom. The van der Waals surface area contributed by atoms with E-state index in [2.05, 4.69) is 20.0 Å². The van der Waals surface area contributed by atoms with E-state index < -0.39 is 36.1 Å². The second-order valence-corrected chi connectivity index (χ2v) is 7.82. The molecule has 7 nitrogen and oxygen atoms in total. The molecule has 184 valence electrons. The minimum Gasteiger partial charge on any atom is -0.428 e. The van der Waals surface area contributed by atoms with Gasteiger partial charge in [-0.05, 0) is 42.8 Å². The van der Waals surface area contributed by atoms with Crippen LogP contribution in [0.5, 0.6) is 5.75 Å². The second kappa shape index (κ2) is 9.82. The van der Waals surface area contributed by atoms with E-state index in [1.54, 1.807) is 0 Å². The molecule has 4 rings (SSSR count). The third kappa shape index (κ3) is 5.65. The zero-order valence-electron chi connectivity index (χ0n) is 18.0. The normalized spacial score (nSPS) is 16.0. The first-order valence-electron chi connectivity index (χ1n) is 10.4. The summed E-state index contributed by atoms with van der Waals surface area (Å²) in [6.07, 6.45) is -4.87. The van der Waals surface area contributed by atoms with Gasteiger partial charge in [0.05, 0.1) is 17.9 Å². The lowest BCUT2D eigenvalue weighted by Gasteiger charge is -2.21. The summed E-state index contributed by atoms with van der Waals surface area (Å²) < 4.78 is 68.5. The number of nitrogens with zero attached hydrogens (tertiary/aromatic N) is 3. The average molecular weight is 494 g/mol. The van der Waals surface area contributed by atoms with Crippen molar-refractivity contribution in [3.8, 4) is 16.9 Å². The van der Waals surface area contributed by atoms with Gasteiger partial charge in [0.1, 0.15) is 17.4 Å². The first-order chi connectivity index (χ1) is 16.6. The summed E-state index contributed by atoms with van der Waals surface area (Å²) in [6.45, 7) is 0.849. The number of anilines is 2. The summed E-state index contributed by atoms with van der Waals surface area (Å²) in [4.78, 5) is 22.8. The topological polar surface area (TPSA) is 87.6 Å². The molecule has 0 saturated carbocycles. The molecule has 1 saturated heterocycles. The Bertz CT molecular complexity index is 1210. The molecule has 35 heavy (non-hydrogen) atoms. The number of aromatic nitrogens is 2. The number of rotatable bonds is 7. The van der Waals surface area contributed by atoms with Gasteiger partial charge in [-0.3, -0.25) is 9.78 Å². The van der Waals surface area contributed by atoms with E-state index in [0.29, 0.717) is 36.5 Å². The van der Waals surface area contributed by atoms with Crippen LogP contribution in [0.4, 0.5) is 33.5 Å². The highest BCUT2D eigenvalue weighted by molar-refractivity contribution is 6.05. The van der Waals surface area contributed by atoms with Gasteiger partial charge in [-0.15, -0.1) is 0 Å². The van der Waals surface area contributed by atoms with Crippen LogP contribution in [0.3, 0.4) is 0 Å². The number of amides is 1. The Kier molecular flexibility index (Phi) is 6.83. The largest absolute Gasteiger partial charge is 0.461 e. The van der Waals surface area contributed by atoms with Crippen molar-refractivity contribution in [3.05, 3.63) is 66.4 Å². The Balaban J connectivity index is 1.57. The van der Waals surface area contributed by atoms with Crippen molar-refractivity contribution in [1.29, 1.82) is 0 Å². The lowest BCUT2D eigenvalue weighted by Crippen LogP contribution is -2.33. The number of halogens is 5. The van der Waals surface area contributed by atoms with Crippen molar-refractivity contribution in [2.75, 3.05) is 23.3 Å². The standard InChI is InChI=1S/C23H19F5N4O3/c24-15-7-13(9-29-11-15)19-8-14(10-30-20(19)32-6-5-17(33)12-32)21(34)31-16-1-3-18(4-2-16)35-23(27,28)22(25)26/h1-4,7-11,17,22,33H,5-6,12H2,(H,31,34). The molecule has 1 atom stereocenters. The fourth-order valence-electron chi connectivity index (χ4n) is 3.55. The molecule has 0 bridgehead atoms. The van der Waals surface area contributed by atoms with E-state index in [1.165, 1.54) is 36.7 Å². The highest BCUT2D eigenvalue weighted by Gasteiger charge is 2.43. The van der Waals surface area contributed by atoms with Crippen molar-refractivity contribution in [2.45, 2.75) is 25.1 Å². The Hall–Kier alpha value is -3.80. The number of aliphatic hydroxyl groups is 1. The summed E-state index contributed by atoms with van der Waals surface area (Å²) in [5, 5.41) is 12.4. The number of ether oxygens (including phenoxy) is 1. The van der Waals surface area contributed by atoms with Gasteiger partial charge in [-0.25, -0.2) is 9.37 Å². The molecule has 2 N–H and O–H groups in total.